The highest BCUT2D eigenvalue weighted by Crippen LogP contribution is 2.70. The second-order valence-corrected chi connectivity index (χ2v) is 12.8. The minimum Gasteiger partial charge on any atom is -0.393 e. The molecule has 0 amide bonds. The molecule has 2 heterocycles. The summed E-state index contributed by atoms with van der Waals surface area (Å²) in [5, 5.41) is 14.1. The van der Waals surface area contributed by atoms with E-state index in [9.17, 15) is 5.11 Å². The number of aliphatic hydroxyl groups excluding tert-OH is 1. The molecule has 30 heavy (non-hydrogen) atoms. The van der Waals surface area contributed by atoms with Gasteiger partial charge in [0.15, 0.2) is 0 Å². The summed E-state index contributed by atoms with van der Waals surface area (Å²) in [7, 11) is 0. The fourth-order valence-corrected chi connectivity index (χ4v) is 9.84. The van der Waals surface area contributed by atoms with Crippen molar-refractivity contribution in [2.75, 3.05) is 6.54 Å². The lowest BCUT2D eigenvalue weighted by Gasteiger charge is -2.58. The lowest BCUT2D eigenvalue weighted by atomic mass is 9.47. The number of allylic oxidation sites excluding steroid dienone is 1. The summed E-state index contributed by atoms with van der Waals surface area (Å²) in [5.74, 6) is 4.58. The van der Waals surface area contributed by atoms with Crippen molar-refractivity contribution < 1.29 is 9.84 Å². The van der Waals surface area contributed by atoms with Gasteiger partial charge in [0.2, 0.25) is 0 Å². The molecule has 3 nitrogen and oxygen atoms in total. The van der Waals surface area contributed by atoms with E-state index in [0.29, 0.717) is 22.9 Å². The molecule has 4 aliphatic carbocycles. The molecule has 3 heteroatoms. The Balaban J connectivity index is 1.28. The quantitative estimate of drug-likeness (QED) is 0.530. The van der Waals surface area contributed by atoms with Gasteiger partial charge in [-0.15, -0.1) is 0 Å². The number of hydrogen-bond donors (Lipinski definition) is 2. The average Bonchev–Trinajstić information content (AvgIpc) is 3.16. The first-order valence-electron chi connectivity index (χ1n) is 13.1. The monoisotopic (exact) mass is 413 g/mol. The molecule has 2 saturated heterocycles. The van der Waals surface area contributed by atoms with E-state index in [4.69, 9.17) is 4.74 Å². The Hall–Kier alpha value is -0.380. The molecule has 3 saturated carbocycles. The molecule has 2 N–H and O–H groups in total. The Labute approximate surface area is 183 Å². The zero-order valence-electron chi connectivity index (χ0n) is 19.6. The highest BCUT2D eigenvalue weighted by atomic mass is 16.5. The van der Waals surface area contributed by atoms with Crippen molar-refractivity contribution in [3.05, 3.63) is 11.6 Å². The fraction of sp³-hybridized carbons (Fsp3) is 0.926. The van der Waals surface area contributed by atoms with Crippen LogP contribution in [0.5, 0.6) is 0 Å². The molecule has 6 rings (SSSR count). The van der Waals surface area contributed by atoms with Crippen molar-refractivity contribution in [1.82, 2.24) is 5.32 Å². The molecule has 6 aliphatic rings. The Morgan fingerprint density at radius 3 is 2.67 bits per heavy atom. The summed E-state index contributed by atoms with van der Waals surface area (Å²) in [6.45, 7) is 11.2. The van der Waals surface area contributed by atoms with E-state index >= 15 is 0 Å². The largest absolute Gasteiger partial charge is 0.393 e. The van der Waals surface area contributed by atoms with Gasteiger partial charge >= 0.3 is 0 Å². The molecule has 0 unspecified atom stereocenters. The van der Waals surface area contributed by atoms with E-state index in [-0.39, 0.29) is 11.8 Å². The lowest BCUT2D eigenvalue weighted by Crippen LogP contribution is -2.57. The van der Waals surface area contributed by atoms with Crippen LogP contribution in [0.2, 0.25) is 0 Å². The van der Waals surface area contributed by atoms with E-state index in [1.54, 1.807) is 5.57 Å². The van der Waals surface area contributed by atoms with Gasteiger partial charge < -0.3 is 9.84 Å². The third-order valence-electron chi connectivity index (χ3n) is 11.6. The number of ether oxygens (including phenoxy) is 1. The highest BCUT2D eigenvalue weighted by Gasteiger charge is 2.68. The summed E-state index contributed by atoms with van der Waals surface area (Å²) >= 11 is 0. The Bertz CT molecular complexity index is 739. The Morgan fingerprint density at radius 1 is 1.07 bits per heavy atom. The van der Waals surface area contributed by atoms with Gasteiger partial charge in [0, 0.05) is 12.5 Å². The topological polar surface area (TPSA) is 41.5 Å². The molecule has 2 aliphatic heterocycles. The van der Waals surface area contributed by atoms with E-state index in [1.165, 1.54) is 44.9 Å². The van der Waals surface area contributed by atoms with Crippen molar-refractivity contribution in [1.29, 1.82) is 0 Å². The minimum absolute atomic E-state index is 0.0439. The Kier molecular flexibility index (Phi) is 4.44. The van der Waals surface area contributed by atoms with E-state index < -0.39 is 0 Å². The van der Waals surface area contributed by atoms with Crippen molar-refractivity contribution in [3.8, 4) is 0 Å². The zero-order chi connectivity index (χ0) is 20.9. The number of hydrogen-bond acceptors (Lipinski definition) is 3. The molecule has 0 aromatic carbocycles. The Morgan fingerprint density at radius 2 is 1.90 bits per heavy atom. The van der Waals surface area contributed by atoms with Crippen LogP contribution in [-0.4, -0.2) is 29.6 Å². The smallest absolute Gasteiger partial charge is 0.122 e. The summed E-state index contributed by atoms with van der Waals surface area (Å²) in [6, 6.07) is 0. The van der Waals surface area contributed by atoms with E-state index in [2.05, 4.69) is 39.1 Å². The first-order valence-corrected chi connectivity index (χ1v) is 13.1. The molecule has 1 spiro atoms. The summed E-state index contributed by atoms with van der Waals surface area (Å²) in [5.41, 5.74) is 2.33. The van der Waals surface area contributed by atoms with Gasteiger partial charge in [-0.25, -0.2) is 0 Å². The maximum absolute atomic E-state index is 10.3. The van der Waals surface area contributed by atoms with Crippen LogP contribution in [0.25, 0.3) is 0 Å². The predicted octanol–water partition coefficient (Wildman–Crippen LogP) is 5.29. The third kappa shape index (κ3) is 2.55. The van der Waals surface area contributed by atoms with Crippen LogP contribution < -0.4 is 5.32 Å². The standard InChI is InChI=1S/C27H43NO2/c1-16-7-12-27(28-15-16)17(2)24-23(30-27)14-22-20-6-5-18-13-19(29)8-10-25(18,3)21(20)9-11-26(22,24)4/h5,16-17,19-24,28-29H,6-15H2,1-4H3/t16-,17-,19+,20-,21-,22-,23-,24-,25-,26+,27-/m1/s1. The van der Waals surface area contributed by atoms with Crippen LogP contribution in [0.1, 0.15) is 85.5 Å². The summed E-state index contributed by atoms with van der Waals surface area (Å²) in [4.78, 5) is 0. The maximum atomic E-state index is 10.3. The summed E-state index contributed by atoms with van der Waals surface area (Å²) in [6.07, 6.45) is 13.8. The van der Waals surface area contributed by atoms with Crippen LogP contribution in [0.15, 0.2) is 11.6 Å². The normalized spacial score (nSPS) is 59.8. The van der Waals surface area contributed by atoms with Crippen LogP contribution in [0.4, 0.5) is 0 Å². The molecule has 0 bridgehead atoms. The average molecular weight is 414 g/mol. The molecule has 11 atom stereocenters. The van der Waals surface area contributed by atoms with Crippen LogP contribution in [0.3, 0.4) is 0 Å². The van der Waals surface area contributed by atoms with Gasteiger partial charge in [-0.05, 0) is 98.2 Å². The van der Waals surface area contributed by atoms with Gasteiger partial charge in [0.1, 0.15) is 5.72 Å². The number of aliphatic hydroxyl groups is 1. The van der Waals surface area contributed by atoms with E-state index in [1.807, 2.05) is 0 Å². The molecule has 0 aromatic rings. The molecular weight excluding hydrogens is 370 g/mol. The minimum atomic E-state index is -0.100. The molecular formula is C27H43NO2. The van der Waals surface area contributed by atoms with Crippen LogP contribution >= 0.6 is 0 Å². The van der Waals surface area contributed by atoms with Gasteiger partial charge in [0.05, 0.1) is 12.2 Å². The first kappa shape index (κ1) is 20.2. The van der Waals surface area contributed by atoms with E-state index in [0.717, 1.165) is 49.0 Å². The molecule has 168 valence electrons. The predicted molar refractivity (Wildman–Crippen MR) is 120 cm³/mol. The number of nitrogens with one attached hydrogen (secondary N) is 1. The van der Waals surface area contributed by atoms with Crippen LogP contribution in [-0.2, 0) is 4.74 Å². The second kappa shape index (κ2) is 6.58. The number of rotatable bonds is 0. The zero-order valence-corrected chi connectivity index (χ0v) is 19.6. The number of fused-ring (bicyclic) bond motifs is 7. The SMILES string of the molecule is C[C@@H]1CC[C@@]2(NC1)O[C@@H]1C[C@@H]3[C@@H]4CC=C5C[C@@H](O)CC[C@@]5(C)[C@@H]4CC[C@]3(C)[C@@H]1[C@H]2C. The van der Waals surface area contributed by atoms with Crippen LogP contribution in [0, 0.1) is 46.3 Å². The first-order chi connectivity index (χ1) is 14.3. The molecule has 5 fully saturated rings. The third-order valence-corrected chi connectivity index (χ3v) is 11.6. The summed E-state index contributed by atoms with van der Waals surface area (Å²) < 4.78 is 7.00. The van der Waals surface area contributed by atoms with Gasteiger partial charge in [-0.2, -0.15) is 0 Å². The highest BCUT2D eigenvalue weighted by molar-refractivity contribution is 5.26. The molecule has 0 radical (unpaired) electrons. The fourth-order valence-electron chi connectivity index (χ4n) is 9.84. The van der Waals surface area contributed by atoms with Gasteiger partial charge in [-0.1, -0.05) is 39.3 Å². The molecule has 0 aromatic heterocycles. The van der Waals surface area contributed by atoms with Crippen molar-refractivity contribution in [2.45, 2.75) is 103 Å². The second-order valence-electron chi connectivity index (χ2n) is 12.8. The van der Waals surface area contributed by atoms with Crippen molar-refractivity contribution in [2.24, 2.45) is 46.3 Å². The van der Waals surface area contributed by atoms with Gasteiger partial charge in [-0.3, -0.25) is 5.32 Å². The van der Waals surface area contributed by atoms with Crippen molar-refractivity contribution in [3.63, 3.8) is 0 Å². The number of piperidine rings is 1. The van der Waals surface area contributed by atoms with Crippen molar-refractivity contribution >= 4 is 0 Å². The lowest BCUT2D eigenvalue weighted by molar-refractivity contribution is -0.115. The maximum Gasteiger partial charge on any atom is 0.122 e. The van der Waals surface area contributed by atoms with Gasteiger partial charge in [0.25, 0.3) is 0 Å².